The molecule has 2 aromatic rings. The highest BCUT2D eigenvalue weighted by atomic mass is 127. The average Bonchev–Trinajstić information content (AvgIpc) is 2.68. The van der Waals surface area contributed by atoms with Crippen molar-refractivity contribution in [2.24, 2.45) is 4.99 Å². The third kappa shape index (κ3) is 8.61. The van der Waals surface area contributed by atoms with Gasteiger partial charge in [0.1, 0.15) is 11.4 Å². The van der Waals surface area contributed by atoms with Gasteiger partial charge in [-0.05, 0) is 51.5 Å². The number of guanidine groups is 1. The molecule has 1 amide bonds. The summed E-state index contributed by atoms with van der Waals surface area (Å²) in [5.41, 5.74) is 2.46. The summed E-state index contributed by atoms with van der Waals surface area (Å²) in [6.07, 6.45) is 0. The molecule has 0 atom stereocenters. The van der Waals surface area contributed by atoms with Gasteiger partial charge in [-0.1, -0.05) is 30.3 Å². The Morgan fingerprint density at radius 2 is 1.70 bits per heavy atom. The third-order valence-corrected chi connectivity index (χ3v) is 4.05. The molecule has 164 valence electrons. The first-order chi connectivity index (χ1) is 13.8. The fraction of sp³-hybridized carbons (Fsp3) is 0.391. The lowest BCUT2D eigenvalue weighted by molar-refractivity contribution is 0.0955. The zero-order chi connectivity index (χ0) is 21.3. The molecule has 0 bridgehead atoms. The molecule has 7 heteroatoms. The van der Waals surface area contributed by atoms with Crippen molar-refractivity contribution >= 4 is 35.8 Å². The molecular formula is C23H33IN4O2. The Balaban J connectivity index is 0.00000450. The van der Waals surface area contributed by atoms with Crippen LogP contribution in [-0.2, 0) is 13.1 Å². The SMILES string of the molecule is CCNC(=O)c1cccc(CNC(=NC)NCc2ccccc2OC(C)(C)C)c1.I. The number of benzene rings is 2. The molecular weight excluding hydrogens is 491 g/mol. The highest BCUT2D eigenvalue weighted by Crippen LogP contribution is 2.22. The van der Waals surface area contributed by atoms with Crippen molar-refractivity contribution in [2.45, 2.75) is 46.4 Å². The maximum absolute atomic E-state index is 12.0. The van der Waals surface area contributed by atoms with Crippen molar-refractivity contribution in [3.8, 4) is 5.75 Å². The molecule has 0 aromatic heterocycles. The lowest BCUT2D eigenvalue weighted by Crippen LogP contribution is -2.36. The first kappa shape index (κ1) is 25.7. The van der Waals surface area contributed by atoms with Crippen molar-refractivity contribution in [1.29, 1.82) is 0 Å². The smallest absolute Gasteiger partial charge is 0.251 e. The normalized spacial score (nSPS) is 11.3. The van der Waals surface area contributed by atoms with Crippen LogP contribution in [0, 0.1) is 0 Å². The van der Waals surface area contributed by atoms with E-state index in [2.05, 4.69) is 20.9 Å². The number of halogens is 1. The predicted molar refractivity (Wildman–Crippen MR) is 134 cm³/mol. The topological polar surface area (TPSA) is 74.8 Å². The van der Waals surface area contributed by atoms with E-state index in [1.54, 1.807) is 7.05 Å². The molecule has 2 rings (SSSR count). The van der Waals surface area contributed by atoms with Gasteiger partial charge in [0.05, 0.1) is 0 Å². The summed E-state index contributed by atoms with van der Waals surface area (Å²) in [4.78, 5) is 16.3. The molecule has 0 spiro atoms. The van der Waals surface area contributed by atoms with E-state index in [9.17, 15) is 4.79 Å². The second-order valence-corrected chi connectivity index (χ2v) is 7.66. The molecule has 0 heterocycles. The summed E-state index contributed by atoms with van der Waals surface area (Å²) in [6.45, 7) is 9.77. The minimum Gasteiger partial charge on any atom is -0.488 e. The number of ether oxygens (including phenoxy) is 1. The van der Waals surface area contributed by atoms with Gasteiger partial charge in [0.25, 0.3) is 5.91 Å². The van der Waals surface area contributed by atoms with Gasteiger partial charge in [0.15, 0.2) is 5.96 Å². The number of carbonyl (C=O) groups is 1. The fourth-order valence-electron chi connectivity index (χ4n) is 2.75. The van der Waals surface area contributed by atoms with E-state index in [1.807, 2.05) is 76.2 Å². The summed E-state index contributed by atoms with van der Waals surface area (Å²) < 4.78 is 6.05. The number of nitrogens with zero attached hydrogens (tertiary/aromatic N) is 1. The van der Waals surface area contributed by atoms with Crippen molar-refractivity contribution < 1.29 is 9.53 Å². The minimum absolute atomic E-state index is 0. The number of carbonyl (C=O) groups excluding carboxylic acids is 1. The van der Waals surface area contributed by atoms with Gasteiger partial charge < -0.3 is 20.7 Å². The molecule has 2 aromatic carbocycles. The van der Waals surface area contributed by atoms with Crippen LogP contribution in [-0.4, -0.2) is 31.1 Å². The lowest BCUT2D eigenvalue weighted by atomic mass is 10.1. The summed E-state index contributed by atoms with van der Waals surface area (Å²) in [5, 5.41) is 9.43. The Kier molecular flexibility index (Phi) is 10.7. The quantitative estimate of drug-likeness (QED) is 0.290. The molecule has 0 saturated heterocycles. The van der Waals surface area contributed by atoms with Crippen LogP contribution in [0.5, 0.6) is 5.75 Å². The molecule has 30 heavy (non-hydrogen) atoms. The van der Waals surface area contributed by atoms with Crippen LogP contribution in [0.1, 0.15) is 49.2 Å². The second-order valence-electron chi connectivity index (χ2n) is 7.66. The number of para-hydroxylation sites is 1. The Morgan fingerprint density at radius 1 is 1.00 bits per heavy atom. The van der Waals surface area contributed by atoms with Gasteiger partial charge in [0.2, 0.25) is 0 Å². The summed E-state index contributed by atoms with van der Waals surface area (Å²) in [6, 6.07) is 15.6. The summed E-state index contributed by atoms with van der Waals surface area (Å²) in [7, 11) is 1.73. The van der Waals surface area contributed by atoms with E-state index >= 15 is 0 Å². The van der Waals surface area contributed by atoms with Crippen LogP contribution in [0.3, 0.4) is 0 Å². The number of nitrogens with one attached hydrogen (secondary N) is 3. The molecule has 0 unspecified atom stereocenters. The van der Waals surface area contributed by atoms with Crippen LogP contribution >= 0.6 is 24.0 Å². The lowest BCUT2D eigenvalue weighted by Gasteiger charge is -2.23. The fourth-order valence-corrected chi connectivity index (χ4v) is 2.75. The van der Waals surface area contributed by atoms with Crippen LogP contribution in [0.25, 0.3) is 0 Å². The van der Waals surface area contributed by atoms with Crippen molar-refractivity contribution in [3.63, 3.8) is 0 Å². The number of rotatable bonds is 7. The van der Waals surface area contributed by atoms with E-state index in [1.165, 1.54) is 0 Å². The molecule has 0 aliphatic heterocycles. The van der Waals surface area contributed by atoms with E-state index < -0.39 is 0 Å². The Hall–Kier alpha value is -2.29. The Labute approximate surface area is 196 Å². The van der Waals surface area contributed by atoms with Gasteiger partial charge in [-0.25, -0.2) is 0 Å². The molecule has 0 radical (unpaired) electrons. The standard InChI is InChI=1S/C23H32N4O2.HI/c1-6-25-21(28)18-12-9-10-17(14-18)15-26-22(24-5)27-16-19-11-7-8-13-20(19)29-23(2,3)4;/h7-14H,6,15-16H2,1-5H3,(H,25,28)(H2,24,26,27);1H. The first-order valence-electron chi connectivity index (χ1n) is 9.91. The van der Waals surface area contributed by atoms with Gasteiger partial charge in [-0.2, -0.15) is 0 Å². The number of amides is 1. The largest absolute Gasteiger partial charge is 0.488 e. The van der Waals surface area contributed by atoms with Gasteiger partial charge >= 0.3 is 0 Å². The molecule has 3 N–H and O–H groups in total. The molecule has 0 saturated carbocycles. The minimum atomic E-state index is -0.259. The number of hydrogen-bond donors (Lipinski definition) is 3. The third-order valence-electron chi connectivity index (χ3n) is 4.05. The highest BCUT2D eigenvalue weighted by molar-refractivity contribution is 14.0. The maximum atomic E-state index is 12.0. The summed E-state index contributed by atoms with van der Waals surface area (Å²) >= 11 is 0. The highest BCUT2D eigenvalue weighted by Gasteiger charge is 2.14. The molecule has 0 aliphatic rings. The zero-order valence-electron chi connectivity index (χ0n) is 18.4. The van der Waals surface area contributed by atoms with E-state index in [-0.39, 0.29) is 35.5 Å². The second kappa shape index (κ2) is 12.4. The maximum Gasteiger partial charge on any atom is 0.251 e. The van der Waals surface area contributed by atoms with E-state index in [4.69, 9.17) is 4.74 Å². The van der Waals surface area contributed by atoms with Gasteiger partial charge in [-0.15, -0.1) is 24.0 Å². The van der Waals surface area contributed by atoms with Crippen LogP contribution < -0.4 is 20.7 Å². The van der Waals surface area contributed by atoms with Crippen molar-refractivity contribution in [3.05, 3.63) is 65.2 Å². The van der Waals surface area contributed by atoms with Crippen LogP contribution in [0.15, 0.2) is 53.5 Å². The predicted octanol–water partition coefficient (Wildman–Crippen LogP) is 4.10. The first-order valence-corrected chi connectivity index (χ1v) is 9.91. The zero-order valence-corrected chi connectivity index (χ0v) is 20.7. The number of aliphatic imine (C=N–C) groups is 1. The molecule has 0 aliphatic carbocycles. The molecule has 0 fully saturated rings. The molecule has 6 nitrogen and oxygen atoms in total. The van der Waals surface area contributed by atoms with Crippen molar-refractivity contribution in [1.82, 2.24) is 16.0 Å². The van der Waals surface area contributed by atoms with Crippen LogP contribution in [0.4, 0.5) is 0 Å². The number of hydrogen-bond acceptors (Lipinski definition) is 3. The Bertz CT molecular complexity index is 847. The monoisotopic (exact) mass is 524 g/mol. The van der Waals surface area contributed by atoms with Crippen LogP contribution in [0.2, 0.25) is 0 Å². The van der Waals surface area contributed by atoms with E-state index in [0.29, 0.717) is 31.2 Å². The Morgan fingerprint density at radius 3 is 2.37 bits per heavy atom. The van der Waals surface area contributed by atoms with Gasteiger partial charge in [-0.3, -0.25) is 9.79 Å². The van der Waals surface area contributed by atoms with Gasteiger partial charge in [0, 0.05) is 37.8 Å². The van der Waals surface area contributed by atoms with Crippen molar-refractivity contribution in [2.75, 3.05) is 13.6 Å². The van der Waals surface area contributed by atoms with E-state index in [0.717, 1.165) is 16.9 Å². The average molecular weight is 524 g/mol. The summed E-state index contributed by atoms with van der Waals surface area (Å²) in [5.74, 6) is 1.48.